The number of amides is 2. The summed E-state index contributed by atoms with van der Waals surface area (Å²) in [4.78, 5) is 26.1. The van der Waals surface area contributed by atoms with Crippen LogP contribution in [-0.2, 0) is 22.3 Å². The number of alkyl halides is 3. The molecule has 1 aliphatic heterocycles. The van der Waals surface area contributed by atoms with Crippen LogP contribution in [0.5, 0.6) is 5.75 Å². The molecule has 0 unspecified atom stereocenters. The number of hydrogen-bond acceptors (Lipinski definition) is 3. The van der Waals surface area contributed by atoms with Gasteiger partial charge in [0.2, 0.25) is 11.8 Å². The van der Waals surface area contributed by atoms with Crippen LogP contribution in [0.4, 0.5) is 13.2 Å². The Bertz CT molecular complexity index is 681. The molecule has 1 fully saturated rings. The van der Waals surface area contributed by atoms with E-state index in [1.807, 2.05) is 13.8 Å². The number of piperidine rings is 1. The molecule has 8 heteroatoms. The second kappa shape index (κ2) is 8.63. The fraction of sp³-hybridized carbons (Fsp3) is 0.579. The summed E-state index contributed by atoms with van der Waals surface area (Å²) in [7, 11) is 1.30. The first kappa shape index (κ1) is 21.1. The normalized spacial score (nSPS) is 15.7. The molecule has 0 spiro atoms. The number of ether oxygens (including phenoxy) is 1. The van der Waals surface area contributed by atoms with Gasteiger partial charge >= 0.3 is 6.18 Å². The Morgan fingerprint density at radius 1 is 1.26 bits per heavy atom. The smallest absolute Gasteiger partial charge is 0.416 e. The van der Waals surface area contributed by atoms with Gasteiger partial charge in [0.05, 0.1) is 12.7 Å². The highest BCUT2D eigenvalue weighted by Crippen LogP contribution is 2.34. The Labute approximate surface area is 156 Å². The van der Waals surface area contributed by atoms with E-state index in [1.165, 1.54) is 19.2 Å². The molecule has 2 amide bonds. The van der Waals surface area contributed by atoms with Gasteiger partial charge in [-0.05, 0) is 30.5 Å². The number of hydrogen-bond donors (Lipinski definition) is 1. The zero-order valence-electron chi connectivity index (χ0n) is 15.7. The van der Waals surface area contributed by atoms with Crippen LogP contribution in [0.2, 0.25) is 0 Å². The van der Waals surface area contributed by atoms with E-state index in [-0.39, 0.29) is 41.5 Å². The Balaban J connectivity index is 1.96. The molecule has 1 heterocycles. The number of likely N-dealkylation sites (tertiary alicyclic amines) is 1. The topological polar surface area (TPSA) is 58.6 Å². The molecule has 150 valence electrons. The lowest BCUT2D eigenvalue weighted by atomic mass is 9.95. The minimum atomic E-state index is -4.53. The molecular formula is C19H25F3N2O3. The molecule has 1 aliphatic rings. The summed E-state index contributed by atoms with van der Waals surface area (Å²) in [6.45, 7) is 4.43. The third-order valence-corrected chi connectivity index (χ3v) is 4.75. The average Bonchev–Trinajstić information content (AvgIpc) is 2.64. The molecule has 0 bridgehead atoms. The highest BCUT2D eigenvalue weighted by molar-refractivity contribution is 5.80. The van der Waals surface area contributed by atoms with Crippen molar-refractivity contribution in [3.8, 4) is 5.75 Å². The minimum Gasteiger partial charge on any atom is -0.497 e. The maximum Gasteiger partial charge on any atom is 0.416 e. The Hall–Kier alpha value is -2.25. The molecule has 1 saturated heterocycles. The van der Waals surface area contributed by atoms with Crippen molar-refractivity contribution < 1.29 is 27.5 Å². The first-order valence-corrected chi connectivity index (χ1v) is 8.94. The van der Waals surface area contributed by atoms with E-state index in [2.05, 4.69) is 5.32 Å². The van der Waals surface area contributed by atoms with Crippen molar-refractivity contribution in [2.45, 2.75) is 39.4 Å². The van der Waals surface area contributed by atoms with Crippen molar-refractivity contribution in [1.82, 2.24) is 10.2 Å². The molecule has 2 rings (SSSR count). The van der Waals surface area contributed by atoms with Gasteiger partial charge in [0.1, 0.15) is 5.75 Å². The lowest BCUT2D eigenvalue weighted by Gasteiger charge is -2.32. The molecular weight excluding hydrogens is 361 g/mol. The van der Waals surface area contributed by atoms with E-state index in [0.29, 0.717) is 25.9 Å². The van der Waals surface area contributed by atoms with Gasteiger partial charge in [-0.15, -0.1) is 0 Å². The summed E-state index contributed by atoms with van der Waals surface area (Å²) in [6, 6.07) is 3.68. The monoisotopic (exact) mass is 386 g/mol. The zero-order chi connectivity index (χ0) is 20.2. The lowest BCUT2D eigenvalue weighted by Crippen LogP contribution is -2.44. The van der Waals surface area contributed by atoms with Crippen LogP contribution in [0.1, 0.15) is 37.8 Å². The van der Waals surface area contributed by atoms with Crippen LogP contribution in [0.25, 0.3) is 0 Å². The maximum absolute atomic E-state index is 13.2. The fourth-order valence-electron chi connectivity index (χ4n) is 3.15. The number of nitrogens with zero attached hydrogens (tertiary/aromatic N) is 1. The summed E-state index contributed by atoms with van der Waals surface area (Å²) in [5.74, 6) is -0.503. The third-order valence-electron chi connectivity index (χ3n) is 4.75. The van der Waals surface area contributed by atoms with Crippen molar-refractivity contribution in [2.75, 3.05) is 20.2 Å². The molecule has 0 atom stereocenters. The second-order valence-corrected chi connectivity index (χ2v) is 6.99. The fourth-order valence-corrected chi connectivity index (χ4v) is 3.15. The van der Waals surface area contributed by atoms with E-state index in [4.69, 9.17) is 4.74 Å². The highest BCUT2D eigenvalue weighted by atomic mass is 19.4. The quantitative estimate of drug-likeness (QED) is 0.845. The summed E-state index contributed by atoms with van der Waals surface area (Å²) in [5.41, 5.74) is -0.830. The Morgan fingerprint density at radius 2 is 1.89 bits per heavy atom. The average molecular weight is 386 g/mol. The Kier molecular flexibility index (Phi) is 6.73. The first-order chi connectivity index (χ1) is 12.6. The van der Waals surface area contributed by atoms with Gasteiger partial charge in [-0.25, -0.2) is 0 Å². The molecule has 1 aromatic rings. The lowest BCUT2D eigenvalue weighted by molar-refractivity contribution is -0.139. The number of carbonyl (C=O) groups excluding carboxylic acids is 2. The number of methoxy groups -OCH3 is 1. The molecule has 0 aromatic heterocycles. The van der Waals surface area contributed by atoms with Gasteiger partial charge < -0.3 is 15.0 Å². The molecule has 27 heavy (non-hydrogen) atoms. The number of benzene rings is 1. The number of nitrogens with one attached hydrogen (secondary N) is 1. The summed E-state index contributed by atoms with van der Waals surface area (Å²) < 4.78 is 44.5. The van der Waals surface area contributed by atoms with E-state index in [1.54, 1.807) is 4.90 Å². The van der Waals surface area contributed by atoms with Crippen LogP contribution in [0.15, 0.2) is 18.2 Å². The van der Waals surface area contributed by atoms with Gasteiger partial charge in [0.15, 0.2) is 0 Å². The van der Waals surface area contributed by atoms with Crippen molar-refractivity contribution in [1.29, 1.82) is 0 Å². The largest absolute Gasteiger partial charge is 0.497 e. The number of rotatable bonds is 5. The third kappa shape index (κ3) is 5.37. The summed E-state index contributed by atoms with van der Waals surface area (Å²) in [6.07, 6.45) is -3.50. The Morgan fingerprint density at radius 3 is 2.41 bits per heavy atom. The first-order valence-electron chi connectivity index (χ1n) is 8.94. The standard InChI is InChI=1S/C19H25F3N2O3/c1-12(2)18(26)24-8-6-13(7-9-24)17(25)23-11-14-4-5-15(27-3)10-16(14)19(20,21)22/h4-5,10,12-13H,6-9,11H2,1-3H3,(H,23,25). The minimum absolute atomic E-state index is 0.0101. The number of carbonyl (C=O) groups is 2. The molecule has 1 aromatic carbocycles. The van der Waals surface area contributed by atoms with Crippen molar-refractivity contribution in [2.24, 2.45) is 11.8 Å². The van der Waals surface area contributed by atoms with E-state index < -0.39 is 11.7 Å². The van der Waals surface area contributed by atoms with Gasteiger partial charge in [0.25, 0.3) is 0 Å². The van der Waals surface area contributed by atoms with Gasteiger partial charge in [-0.3, -0.25) is 9.59 Å². The predicted molar refractivity (Wildman–Crippen MR) is 94.0 cm³/mol. The van der Waals surface area contributed by atoms with E-state index in [9.17, 15) is 22.8 Å². The van der Waals surface area contributed by atoms with Crippen molar-refractivity contribution in [3.63, 3.8) is 0 Å². The highest BCUT2D eigenvalue weighted by Gasteiger charge is 2.34. The van der Waals surface area contributed by atoms with Crippen LogP contribution in [0, 0.1) is 11.8 Å². The molecule has 5 nitrogen and oxygen atoms in total. The SMILES string of the molecule is COc1ccc(CNC(=O)C2CCN(C(=O)C(C)C)CC2)c(C(F)(F)F)c1. The molecule has 1 N–H and O–H groups in total. The van der Waals surface area contributed by atoms with E-state index in [0.717, 1.165) is 6.07 Å². The van der Waals surface area contributed by atoms with Crippen LogP contribution >= 0.6 is 0 Å². The van der Waals surface area contributed by atoms with Gasteiger partial charge in [-0.1, -0.05) is 19.9 Å². The van der Waals surface area contributed by atoms with E-state index >= 15 is 0 Å². The molecule has 0 saturated carbocycles. The van der Waals surface area contributed by atoms with Crippen LogP contribution in [0.3, 0.4) is 0 Å². The predicted octanol–water partition coefficient (Wildman–Crippen LogP) is 3.22. The summed E-state index contributed by atoms with van der Waals surface area (Å²) >= 11 is 0. The summed E-state index contributed by atoms with van der Waals surface area (Å²) in [5, 5.41) is 2.60. The van der Waals surface area contributed by atoms with Crippen molar-refractivity contribution >= 4 is 11.8 Å². The maximum atomic E-state index is 13.2. The van der Waals surface area contributed by atoms with Gasteiger partial charge in [0, 0.05) is 31.5 Å². The van der Waals surface area contributed by atoms with Gasteiger partial charge in [-0.2, -0.15) is 13.2 Å². The second-order valence-electron chi connectivity index (χ2n) is 6.99. The number of halogens is 3. The van der Waals surface area contributed by atoms with Crippen LogP contribution in [-0.4, -0.2) is 36.9 Å². The van der Waals surface area contributed by atoms with Crippen molar-refractivity contribution in [3.05, 3.63) is 29.3 Å². The molecule has 0 aliphatic carbocycles. The van der Waals surface area contributed by atoms with Crippen LogP contribution < -0.4 is 10.1 Å². The zero-order valence-corrected chi connectivity index (χ0v) is 15.7. The molecule has 0 radical (unpaired) electrons.